The smallest absolute Gasteiger partial charge is 0.338 e. The van der Waals surface area contributed by atoms with Crippen molar-refractivity contribution in [1.29, 1.82) is 0 Å². The van der Waals surface area contributed by atoms with Gasteiger partial charge in [-0.2, -0.15) is 5.10 Å². The minimum atomic E-state index is -0.590. The second kappa shape index (κ2) is 8.89. The fourth-order valence-corrected chi connectivity index (χ4v) is 3.28. The summed E-state index contributed by atoms with van der Waals surface area (Å²) in [5.74, 6) is -0.430. The van der Waals surface area contributed by atoms with Gasteiger partial charge in [-0.05, 0) is 45.0 Å². The molecule has 0 radical (unpaired) electrons. The lowest BCUT2D eigenvalue weighted by Gasteiger charge is -2.08. The second-order valence-electron chi connectivity index (χ2n) is 7.36. The number of aryl methyl sites for hydroxylation is 2. The Morgan fingerprint density at radius 3 is 2.41 bits per heavy atom. The zero-order valence-electron chi connectivity index (χ0n) is 18.0. The van der Waals surface area contributed by atoms with E-state index in [9.17, 15) is 9.59 Å². The Bertz CT molecular complexity index is 1240. The van der Waals surface area contributed by atoms with E-state index in [1.807, 2.05) is 45.0 Å². The first kappa shape index (κ1) is 21.0. The molecule has 0 spiro atoms. The van der Waals surface area contributed by atoms with Crippen LogP contribution >= 0.6 is 0 Å². The molecule has 4 aromatic rings. The summed E-state index contributed by atoms with van der Waals surface area (Å²) in [7, 11) is 0. The number of hydrogen-bond acceptors (Lipinski definition) is 6. The Morgan fingerprint density at radius 2 is 1.75 bits per heavy atom. The van der Waals surface area contributed by atoms with Crippen LogP contribution in [0.25, 0.3) is 17.0 Å². The number of anilines is 1. The summed E-state index contributed by atoms with van der Waals surface area (Å²) in [4.78, 5) is 28.6. The zero-order valence-corrected chi connectivity index (χ0v) is 18.0. The molecule has 0 saturated heterocycles. The molecule has 162 valence electrons. The highest BCUT2D eigenvalue weighted by Gasteiger charge is 2.17. The largest absolute Gasteiger partial charge is 0.452 e. The van der Waals surface area contributed by atoms with Gasteiger partial charge in [0, 0.05) is 5.56 Å². The number of carbonyl (C=O) groups is 2. The average Bonchev–Trinajstić information content (AvgIpc) is 3.43. The molecule has 32 heavy (non-hydrogen) atoms. The number of nitrogens with zero attached hydrogens (tertiary/aromatic N) is 3. The molecule has 0 fully saturated rings. The summed E-state index contributed by atoms with van der Waals surface area (Å²) < 4.78 is 12.2. The Kier molecular flexibility index (Phi) is 5.85. The lowest BCUT2D eigenvalue weighted by molar-refractivity contribution is -0.119. The van der Waals surface area contributed by atoms with Gasteiger partial charge in [0.2, 0.25) is 0 Å². The highest BCUT2D eigenvalue weighted by molar-refractivity contribution is 5.96. The van der Waals surface area contributed by atoms with Crippen LogP contribution in [-0.2, 0) is 9.53 Å². The number of carbonyl (C=O) groups excluding carboxylic acids is 2. The molecule has 0 aliphatic heterocycles. The normalized spacial score (nSPS) is 10.7. The molecular formula is C24H22N4O4. The summed E-state index contributed by atoms with van der Waals surface area (Å²) in [5, 5.41) is 7.31. The molecule has 1 amide bonds. The summed E-state index contributed by atoms with van der Waals surface area (Å²) in [6.07, 6.45) is 2.92. The third kappa shape index (κ3) is 4.44. The molecule has 0 bridgehead atoms. The van der Waals surface area contributed by atoms with Crippen molar-refractivity contribution in [2.45, 2.75) is 20.8 Å². The first-order chi connectivity index (χ1) is 15.4. The van der Waals surface area contributed by atoms with Gasteiger partial charge in [0.05, 0.1) is 34.5 Å². The molecule has 0 atom stereocenters. The molecule has 0 unspecified atom stereocenters. The van der Waals surface area contributed by atoms with Crippen molar-refractivity contribution < 1.29 is 18.7 Å². The predicted molar refractivity (Wildman–Crippen MR) is 119 cm³/mol. The average molecular weight is 430 g/mol. The van der Waals surface area contributed by atoms with Gasteiger partial charge in [-0.1, -0.05) is 29.8 Å². The van der Waals surface area contributed by atoms with E-state index in [4.69, 9.17) is 9.15 Å². The number of benzene rings is 2. The van der Waals surface area contributed by atoms with Gasteiger partial charge in [0.25, 0.3) is 5.91 Å². The van der Waals surface area contributed by atoms with E-state index in [0.29, 0.717) is 22.7 Å². The second-order valence-corrected chi connectivity index (χ2v) is 7.36. The lowest BCUT2D eigenvalue weighted by Crippen LogP contribution is -2.21. The van der Waals surface area contributed by atoms with Crippen LogP contribution in [0.3, 0.4) is 0 Å². The molecule has 2 heterocycles. The van der Waals surface area contributed by atoms with E-state index in [0.717, 1.165) is 22.5 Å². The number of oxazole rings is 1. The Labute approximate surface area is 184 Å². The fraction of sp³-hybridized carbons (Fsp3) is 0.167. The fourth-order valence-electron chi connectivity index (χ4n) is 3.28. The van der Waals surface area contributed by atoms with E-state index in [-0.39, 0.29) is 0 Å². The van der Waals surface area contributed by atoms with E-state index < -0.39 is 18.5 Å². The third-order valence-electron chi connectivity index (χ3n) is 5.01. The molecule has 8 nitrogen and oxygen atoms in total. The summed E-state index contributed by atoms with van der Waals surface area (Å²) in [6.45, 7) is 5.30. The monoisotopic (exact) mass is 430 g/mol. The van der Waals surface area contributed by atoms with Crippen molar-refractivity contribution in [3.63, 3.8) is 0 Å². The highest BCUT2D eigenvalue weighted by Crippen LogP contribution is 2.23. The van der Waals surface area contributed by atoms with Crippen LogP contribution < -0.4 is 5.32 Å². The van der Waals surface area contributed by atoms with Gasteiger partial charge in [-0.15, -0.1) is 0 Å². The van der Waals surface area contributed by atoms with E-state index >= 15 is 0 Å². The Balaban J connectivity index is 1.38. The van der Waals surface area contributed by atoms with Crippen LogP contribution in [0.5, 0.6) is 0 Å². The van der Waals surface area contributed by atoms with Crippen molar-refractivity contribution in [3.05, 3.63) is 83.6 Å². The number of rotatable bonds is 6. The van der Waals surface area contributed by atoms with Gasteiger partial charge in [-0.3, -0.25) is 4.79 Å². The molecule has 0 aliphatic carbocycles. The van der Waals surface area contributed by atoms with E-state index in [1.54, 1.807) is 35.1 Å². The van der Waals surface area contributed by atoms with Crippen molar-refractivity contribution in [1.82, 2.24) is 14.8 Å². The first-order valence-electron chi connectivity index (χ1n) is 10.0. The quantitative estimate of drug-likeness (QED) is 0.459. The van der Waals surface area contributed by atoms with Crippen LogP contribution in [0.1, 0.15) is 27.3 Å². The Hall–Kier alpha value is -4.20. The van der Waals surface area contributed by atoms with Crippen LogP contribution in [0.4, 0.5) is 5.69 Å². The number of esters is 1. The molecule has 2 aromatic carbocycles. The maximum Gasteiger partial charge on any atom is 0.338 e. The zero-order chi connectivity index (χ0) is 22.7. The molecule has 8 heteroatoms. The SMILES string of the molecule is Cc1ccc(-n2nc(C)c(NC(=O)COC(=O)c3ccc(-c4cnco4)cc3)c2C)cc1. The standard InChI is InChI=1S/C24H22N4O4/c1-15-4-10-20(11-5-15)28-17(3)23(16(2)27-28)26-22(29)13-31-24(30)19-8-6-18(7-9-19)21-12-25-14-32-21/h4-12,14H,13H2,1-3H3,(H,26,29). The van der Waals surface area contributed by atoms with Crippen molar-refractivity contribution in [3.8, 4) is 17.0 Å². The maximum atomic E-state index is 12.4. The van der Waals surface area contributed by atoms with Gasteiger partial charge in [0.1, 0.15) is 0 Å². The molecule has 2 aromatic heterocycles. The molecule has 0 aliphatic rings. The van der Waals surface area contributed by atoms with E-state index in [1.165, 1.54) is 6.39 Å². The van der Waals surface area contributed by atoms with Gasteiger partial charge < -0.3 is 14.5 Å². The molecule has 1 N–H and O–H groups in total. The van der Waals surface area contributed by atoms with Crippen molar-refractivity contribution >= 4 is 17.6 Å². The number of nitrogens with one attached hydrogen (secondary N) is 1. The number of ether oxygens (including phenoxy) is 1. The predicted octanol–water partition coefficient (Wildman–Crippen LogP) is 4.25. The van der Waals surface area contributed by atoms with Gasteiger partial charge in [-0.25, -0.2) is 14.5 Å². The van der Waals surface area contributed by atoms with Crippen LogP contribution in [0.15, 0.2) is 65.5 Å². The third-order valence-corrected chi connectivity index (χ3v) is 5.01. The van der Waals surface area contributed by atoms with Gasteiger partial charge in [0.15, 0.2) is 18.8 Å². The van der Waals surface area contributed by atoms with Crippen LogP contribution in [0, 0.1) is 20.8 Å². The minimum absolute atomic E-state index is 0.334. The first-order valence-corrected chi connectivity index (χ1v) is 10.0. The molecule has 4 rings (SSSR count). The Morgan fingerprint density at radius 1 is 1.03 bits per heavy atom. The number of amides is 1. The lowest BCUT2D eigenvalue weighted by atomic mass is 10.1. The van der Waals surface area contributed by atoms with Crippen molar-refractivity contribution in [2.75, 3.05) is 11.9 Å². The summed E-state index contributed by atoms with van der Waals surface area (Å²) in [6, 6.07) is 14.6. The minimum Gasteiger partial charge on any atom is -0.452 e. The topological polar surface area (TPSA) is 99.2 Å². The summed E-state index contributed by atoms with van der Waals surface area (Å²) >= 11 is 0. The maximum absolute atomic E-state index is 12.4. The number of hydrogen-bond donors (Lipinski definition) is 1. The number of aromatic nitrogens is 3. The van der Waals surface area contributed by atoms with Crippen LogP contribution in [0.2, 0.25) is 0 Å². The van der Waals surface area contributed by atoms with Gasteiger partial charge >= 0.3 is 5.97 Å². The van der Waals surface area contributed by atoms with Crippen LogP contribution in [-0.4, -0.2) is 33.2 Å². The molecular weight excluding hydrogens is 408 g/mol. The highest BCUT2D eigenvalue weighted by atomic mass is 16.5. The summed E-state index contributed by atoms with van der Waals surface area (Å²) in [5.41, 5.74) is 5.23. The van der Waals surface area contributed by atoms with Crippen molar-refractivity contribution in [2.24, 2.45) is 0 Å². The van der Waals surface area contributed by atoms with E-state index in [2.05, 4.69) is 15.4 Å². The molecule has 0 saturated carbocycles.